The first-order valence-electron chi connectivity index (χ1n) is 16.3. The minimum atomic E-state index is -0.00743. The predicted octanol–water partition coefficient (Wildman–Crippen LogP) is 7.10. The zero-order valence-corrected chi connectivity index (χ0v) is 25.2. The smallest absolute Gasteiger partial charge is 0.243 e. The summed E-state index contributed by atoms with van der Waals surface area (Å²) in [5.41, 5.74) is 5.18. The maximum Gasteiger partial charge on any atom is 0.243 e. The lowest BCUT2D eigenvalue weighted by Gasteiger charge is -2.42. The van der Waals surface area contributed by atoms with Crippen LogP contribution in [0.5, 0.6) is 0 Å². The largest absolute Gasteiger partial charge is 0.355 e. The summed E-state index contributed by atoms with van der Waals surface area (Å²) in [6, 6.07) is 27.3. The molecule has 6 heteroatoms. The third-order valence-corrected chi connectivity index (χ3v) is 9.35. The van der Waals surface area contributed by atoms with Crippen molar-refractivity contribution in [2.45, 2.75) is 95.7 Å². The molecule has 0 atom stereocenters. The monoisotopic (exact) mass is 576 g/mol. The van der Waals surface area contributed by atoms with E-state index in [1.807, 2.05) is 48.5 Å². The van der Waals surface area contributed by atoms with Crippen LogP contribution >= 0.6 is 0 Å². The molecule has 6 nitrogen and oxygen atoms in total. The number of hydrogen-bond acceptors (Lipinski definition) is 3. The van der Waals surface area contributed by atoms with E-state index in [0.717, 1.165) is 53.7 Å². The molecule has 4 aromatic rings. The summed E-state index contributed by atoms with van der Waals surface area (Å²) in [7, 11) is 0. The molecule has 0 spiro atoms. The normalized spacial score (nSPS) is 16.3. The van der Waals surface area contributed by atoms with Gasteiger partial charge in [-0.15, -0.1) is 0 Å². The molecule has 0 unspecified atom stereocenters. The minimum absolute atomic E-state index is 0.00743. The number of aromatic nitrogens is 2. The zero-order chi connectivity index (χ0) is 29.4. The molecule has 2 aliphatic carbocycles. The summed E-state index contributed by atoms with van der Waals surface area (Å²) >= 11 is 0. The van der Waals surface area contributed by atoms with Crippen LogP contribution in [0.25, 0.3) is 22.2 Å². The third kappa shape index (κ3) is 7.18. The van der Waals surface area contributed by atoms with Crippen LogP contribution < -0.4 is 5.32 Å². The standard InChI is InChI=1S/C37H44N4O2/c42-36(26-28-20-22-30(23-21-28)29-12-4-1-5-13-29)38-25-24-35-39-33-18-10-11-19-34(33)40(35)27-37(43)41(31-14-6-2-7-15-31)32-16-8-3-9-17-32/h1,4-5,10-13,18-23,31-32H,2-3,6-9,14-17,24-27H2,(H,38,42). The van der Waals surface area contributed by atoms with Gasteiger partial charge in [-0.1, -0.05) is 105 Å². The number of para-hydroxylation sites is 2. The van der Waals surface area contributed by atoms with Gasteiger partial charge in [-0.2, -0.15) is 0 Å². The highest BCUT2D eigenvalue weighted by Crippen LogP contribution is 2.31. The lowest BCUT2D eigenvalue weighted by atomic mass is 9.88. The molecule has 2 fully saturated rings. The molecule has 0 aliphatic heterocycles. The summed E-state index contributed by atoms with van der Waals surface area (Å²) in [4.78, 5) is 34.1. The molecule has 6 rings (SSSR count). The van der Waals surface area contributed by atoms with E-state index in [1.54, 1.807) is 0 Å². The van der Waals surface area contributed by atoms with Crippen LogP contribution in [0, 0.1) is 0 Å². The van der Waals surface area contributed by atoms with Gasteiger partial charge in [0.25, 0.3) is 0 Å². The highest BCUT2D eigenvalue weighted by Gasteiger charge is 2.33. The van der Waals surface area contributed by atoms with Gasteiger partial charge in [0.15, 0.2) is 0 Å². The molecule has 0 bridgehead atoms. The van der Waals surface area contributed by atoms with Crippen LogP contribution in [-0.2, 0) is 29.0 Å². The number of carbonyl (C=O) groups is 2. The van der Waals surface area contributed by atoms with E-state index in [9.17, 15) is 9.59 Å². The summed E-state index contributed by atoms with van der Waals surface area (Å²) in [5.74, 6) is 1.08. The fraction of sp³-hybridized carbons (Fsp3) is 0.432. The molecule has 0 radical (unpaired) electrons. The van der Waals surface area contributed by atoms with Gasteiger partial charge in [0.05, 0.1) is 17.5 Å². The Morgan fingerprint density at radius 2 is 1.35 bits per heavy atom. The Labute approximate surface area is 255 Å². The SMILES string of the molecule is O=C(Cc1ccc(-c2ccccc2)cc1)NCCc1nc2ccccc2n1CC(=O)N(C1CCCCC1)C1CCCCC1. The van der Waals surface area contributed by atoms with Gasteiger partial charge in [-0.3, -0.25) is 9.59 Å². The van der Waals surface area contributed by atoms with Crippen molar-refractivity contribution in [2.75, 3.05) is 6.54 Å². The Hall–Kier alpha value is -3.93. The van der Waals surface area contributed by atoms with Crippen molar-refractivity contribution in [3.63, 3.8) is 0 Å². The first kappa shape index (κ1) is 29.2. The first-order valence-corrected chi connectivity index (χ1v) is 16.3. The minimum Gasteiger partial charge on any atom is -0.355 e. The number of hydrogen-bond donors (Lipinski definition) is 1. The van der Waals surface area contributed by atoms with E-state index in [0.29, 0.717) is 38.0 Å². The maximum absolute atomic E-state index is 14.1. The van der Waals surface area contributed by atoms with Gasteiger partial charge in [-0.25, -0.2) is 4.98 Å². The highest BCUT2D eigenvalue weighted by molar-refractivity contribution is 5.82. The van der Waals surface area contributed by atoms with Gasteiger partial charge in [0, 0.05) is 25.0 Å². The number of benzene rings is 3. The first-order chi connectivity index (χ1) is 21.2. The Morgan fingerprint density at radius 3 is 2.02 bits per heavy atom. The average molecular weight is 577 g/mol. The van der Waals surface area contributed by atoms with E-state index < -0.39 is 0 Å². The highest BCUT2D eigenvalue weighted by atomic mass is 16.2. The van der Waals surface area contributed by atoms with E-state index in [1.165, 1.54) is 44.1 Å². The quantitative estimate of drug-likeness (QED) is 0.219. The van der Waals surface area contributed by atoms with Gasteiger partial charge in [0.1, 0.15) is 12.4 Å². The molecular formula is C37H44N4O2. The van der Waals surface area contributed by atoms with E-state index in [-0.39, 0.29) is 11.8 Å². The number of rotatable bonds is 10. The fourth-order valence-electron chi connectivity index (χ4n) is 7.14. The maximum atomic E-state index is 14.1. The van der Waals surface area contributed by atoms with Crippen LogP contribution in [-0.4, -0.2) is 44.9 Å². The molecule has 1 heterocycles. The van der Waals surface area contributed by atoms with E-state index in [2.05, 4.69) is 45.1 Å². The number of nitrogens with one attached hydrogen (secondary N) is 1. The molecule has 1 N–H and O–H groups in total. The van der Waals surface area contributed by atoms with Crippen LogP contribution in [0.15, 0.2) is 78.9 Å². The predicted molar refractivity (Wildman–Crippen MR) is 173 cm³/mol. The van der Waals surface area contributed by atoms with Crippen molar-refractivity contribution >= 4 is 22.8 Å². The second-order valence-corrected chi connectivity index (χ2v) is 12.3. The van der Waals surface area contributed by atoms with Gasteiger partial charge >= 0.3 is 0 Å². The molecular weight excluding hydrogens is 532 g/mol. The second-order valence-electron chi connectivity index (χ2n) is 12.3. The van der Waals surface area contributed by atoms with Crippen molar-refractivity contribution in [3.8, 4) is 11.1 Å². The average Bonchev–Trinajstić information content (AvgIpc) is 3.39. The second kappa shape index (κ2) is 14.0. The molecule has 2 saturated carbocycles. The molecule has 1 aromatic heterocycles. The summed E-state index contributed by atoms with van der Waals surface area (Å²) in [6.45, 7) is 0.790. The Morgan fingerprint density at radius 1 is 0.744 bits per heavy atom. The van der Waals surface area contributed by atoms with Crippen molar-refractivity contribution < 1.29 is 9.59 Å². The summed E-state index contributed by atoms with van der Waals surface area (Å²) in [5, 5.41) is 3.09. The Balaban J connectivity index is 1.11. The third-order valence-electron chi connectivity index (χ3n) is 9.35. The van der Waals surface area contributed by atoms with Crippen LogP contribution in [0.2, 0.25) is 0 Å². The van der Waals surface area contributed by atoms with Crippen LogP contribution in [0.3, 0.4) is 0 Å². The molecule has 43 heavy (non-hydrogen) atoms. The van der Waals surface area contributed by atoms with Crippen LogP contribution in [0.1, 0.15) is 75.6 Å². The lowest BCUT2D eigenvalue weighted by Crippen LogP contribution is -2.50. The Bertz CT molecular complexity index is 1480. The zero-order valence-electron chi connectivity index (χ0n) is 25.2. The van der Waals surface area contributed by atoms with Gasteiger partial charge in [0.2, 0.25) is 11.8 Å². The number of carbonyl (C=O) groups excluding carboxylic acids is 2. The Kier molecular flexibility index (Phi) is 9.51. The number of amides is 2. The fourth-order valence-corrected chi connectivity index (χ4v) is 7.14. The number of fused-ring (bicyclic) bond motifs is 1. The summed E-state index contributed by atoms with van der Waals surface area (Å²) in [6.07, 6.45) is 12.9. The molecule has 2 amide bonds. The van der Waals surface area contributed by atoms with Crippen LogP contribution in [0.4, 0.5) is 0 Å². The lowest BCUT2D eigenvalue weighted by molar-refractivity contribution is -0.138. The van der Waals surface area contributed by atoms with Crippen molar-refractivity contribution in [1.29, 1.82) is 0 Å². The van der Waals surface area contributed by atoms with Crippen molar-refractivity contribution in [2.24, 2.45) is 0 Å². The van der Waals surface area contributed by atoms with Gasteiger partial charge < -0.3 is 14.8 Å². The molecule has 2 aliphatic rings. The van der Waals surface area contributed by atoms with Crippen molar-refractivity contribution in [1.82, 2.24) is 19.8 Å². The number of nitrogens with zero attached hydrogens (tertiary/aromatic N) is 3. The topological polar surface area (TPSA) is 67.2 Å². The molecule has 224 valence electrons. The van der Waals surface area contributed by atoms with Gasteiger partial charge in [-0.05, 0) is 54.5 Å². The van der Waals surface area contributed by atoms with E-state index in [4.69, 9.17) is 4.98 Å². The molecule has 0 saturated heterocycles. The number of imidazole rings is 1. The molecule has 3 aromatic carbocycles. The van der Waals surface area contributed by atoms with Crippen molar-refractivity contribution in [3.05, 3.63) is 90.3 Å². The summed E-state index contributed by atoms with van der Waals surface area (Å²) < 4.78 is 2.10. The van der Waals surface area contributed by atoms with E-state index >= 15 is 0 Å².